The molecule has 1 heterocycles. The quantitative estimate of drug-likeness (QED) is 0.749. The molecule has 0 aromatic heterocycles. The molecule has 0 radical (unpaired) electrons. The topological polar surface area (TPSA) is 59.6 Å². The molecule has 1 aliphatic heterocycles. The van der Waals surface area contributed by atoms with Crippen LogP contribution < -0.4 is 20.1 Å². The van der Waals surface area contributed by atoms with Crippen LogP contribution in [-0.2, 0) is 11.2 Å². The van der Waals surface area contributed by atoms with Crippen molar-refractivity contribution in [3.63, 3.8) is 0 Å². The highest BCUT2D eigenvalue weighted by Gasteiger charge is 2.14. The summed E-state index contributed by atoms with van der Waals surface area (Å²) in [6.07, 6.45) is 1.47. The average molecular weight is 301 g/mol. The van der Waals surface area contributed by atoms with Crippen molar-refractivity contribution < 1.29 is 14.3 Å². The molecule has 20 heavy (non-hydrogen) atoms. The lowest BCUT2D eigenvalue weighted by Gasteiger charge is -2.06. The summed E-state index contributed by atoms with van der Waals surface area (Å²) >= 11 is 0. The number of nitrogens with one attached hydrogen (secondary N) is 2. The van der Waals surface area contributed by atoms with Crippen LogP contribution in [0.25, 0.3) is 0 Å². The van der Waals surface area contributed by atoms with E-state index in [1.807, 2.05) is 18.2 Å². The highest BCUT2D eigenvalue weighted by atomic mass is 35.5. The second kappa shape index (κ2) is 8.66. The molecule has 0 saturated carbocycles. The second-order valence-corrected chi connectivity index (χ2v) is 4.46. The molecule has 0 unspecified atom stereocenters. The number of hydrogen-bond acceptors (Lipinski definition) is 4. The summed E-state index contributed by atoms with van der Waals surface area (Å²) in [6, 6.07) is 5.59. The normalized spacial score (nSPS) is 11.8. The largest absolute Gasteiger partial charge is 0.454 e. The van der Waals surface area contributed by atoms with Crippen LogP contribution in [0, 0.1) is 0 Å². The molecule has 0 bridgehead atoms. The van der Waals surface area contributed by atoms with Gasteiger partial charge < -0.3 is 20.1 Å². The molecule has 1 amide bonds. The van der Waals surface area contributed by atoms with Crippen LogP contribution in [0.4, 0.5) is 0 Å². The SMILES string of the molecule is CCCNCCNC(=O)Cc1ccc2c(c1)OCO2.Cl. The van der Waals surface area contributed by atoms with Crippen LogP contribution in [0.3, 0.4) is 0 Å². The number of hydrogen-bond donors (Lipinski definition) is 2. The van der Waals surface area contributed by atoms with Gasteiger partial charge in [-0.05, 0) is 30.7 Å². The highest BCUT2D eigenvalue weighted by molar-refractivity contribution is 5.85. The molecule has 1 aliphatic rings. The Bertz CT molecular complexity index is 440. The molecule has 1 aromatic rings. The molecular formula is C14H21ClN2O3. The fourth-order valence-corrected chi connectivity index (χ4v) is 1.89. The van der Waals surface area contributed by atoms with E-state index in [1.54, 1.807) is 0 Å². The van der Waals surface area contributed by atoms with Gasteiger partial charge in [0.2, 0.25) is 12.7 Å². The van der Waals surface area contributed by atoms with Gasteiger partial charge >= 0.3 is 0 Å². The van der Waals surface area contributed by atoms with Crippen molar-refractivity contribution in [3.05, 3.63) is 23.8 Å². The number of rotatable bonds is 7. The first kappa shape index (κ1) is 16.6. The third-order valence-electron chi connectivity index (χ3n) is 2.85. The van der Waals surface area contributed by atoms with Crippen molar-refractivity contribution in [2.45, 2.75) is 19.8 Å². The minimum atomic E-state index is 0. The van der Waals surface area contributed by atoms with Gasteiger partial charge in [-0.1, -0.05) is 13.0 Å². The maximum absolute atomic E-state index is 11.7. The predicted octanol–water partition coefficient (Wildman–Crippen LogP) is 1.50. The first-order valence-corrected chi connectivity index (χ1v) is 6.65. The molecule has 2 N–H and O–H groups in total. The first-order chi connectivity index (χ1) is 9.29. The van der Waals surface area contributed by atoms with E-state index in [-0.39, 0.29) is 25.1 Å². The van der Waals surface area contributed by atoms with Crippen LogP contribution >= 0.6 is 12.4 Å². The standard InChI is InChI=1S/C14H20N2O3.ClH/c1-2-5-15-6-7-16-14(17)9-11-3-4-12-13(8-11)19-10-18-12;/h3-4,8,15H,2,5-7,9-10H2,1H3,(H,16,17);1H. The maximum Gasteiger partial charge on any atom is 0.231 e. The predicted molar refractivity (Wildman–Crippen MR) is 79.7 cm³/mol. The summed E-state index contributed by atoms with van der Waals surface area (Å²) in [7, 11) is 0. The number of fused-ring (bicyclic) bond motifs is 1. The molecule has 0 atom stereocenters. The van der Waals surface area contributed by atoms with E-state index in [0.717, 1.165) is 36.6 Å². The van der Waals surface area contributed by atoms with Crippen molar-refractivity contribution in [2.24, 2.45) is 0 Å². The van der Waals surface area contributed by atoms with Crippen molar-refractivity contribution in [1.82, 2.24) is 10.6 Å². The Hall–Kier alpha value is -1.46. The minimum Gasteiger partial charge on any atom is -0.454 e. The Morgan fingerprint density at radius 3 is 2.80 bits per heavy atom. The lowest BCUT2D eigenvalue weighted by Crippen LogP contribution is -2.32. The summed E-state index contributed by atoms with van der Waals surface area (Å²) in [5, 5.41) is 6.12. The fraction of sp³-hybridized carbons (Fsp3) is 0.500. The number of amides is 1. The monoisotopic (exact) mass is 300 g/mol. The van der Waals surface area contributed by atoms with Gasteiger partial charge in [-0.25, -0.2) is 0 Å². The molecule has 0 fully saturated rings. The number of carbonyl (C=O) groups excluding carboxylic acids is 1. The highest BCUT2D eigenvalue weighted by Crippen LogP contribution is 2.32. The number of ether oxygens (including phenoxy) is 2. The second-order valence-electron chi connectivity index (χ2n) is 4.46. The fourth-order valence-electron chi connectivity index (χ4n) is 1.89. The van der Waals surface area contributed by atoms with Crippen molar-refractivity contribution in [1.29, 1.82) is 0 Å². The Balaban J connectivity index is 0.00000200. The van der Waals surface area contributed by atoms with Gasteiger partial charge in [0.15, 0.2) is 11.5 Å². The van der Waals surface area contributed by atoms with E-state index in [2.05, 4.69) is 17.6 Å². The Kier molecular flexibility index (Phi) is 7.18. The molecular weight excluding hydrogens is 280 g/mol. The Morgan fingerprint density at radius 2 is 2.00 bits per heavy atom. The summed E-state index contributed by atoms with van der Waals surface area (Å²) < 4.78 is 10.5. The molecule has 1 aromatic carbocycles. The Morgan fingerprint density at radius 1 is 1.20 bits per heavy atom. The summed E-state index contributed by atoms with van der Waals surface area (Å²) in [4.78, 5) is 11.7. The Labute approximate surface area is 125 Å². The zero-order valence-corrected chi connectivity index (χ0v) is 12.4. The van der Waals surface area contributed by atoms with E-state index in [0.29, 0.717) is 13.0 Å². The van der Waals surface area contributed by atoms with Crippen LogP contribution in [0.1, 0.15) is 18.9 Å². The first-order valence-electron chi connectivity index (χ1n) is 6.65. The molecule has 6 heteroatoms. The van der Waals surface area contributed by atoms with Crippen molar-refractivity contribution in [3.8, 4) is 11.5 Å². The van der Waals surface area contributed by atoms with E-state index >= 15 is 0 Å². The lowest BCUT2D eigenvalue weighted by atomic mass is 10.1. The van der Waals surface area contributed by atoms with E-state index in [1.165, 1.54) is 0 Å². The number of halogens is 1. The zero-order chi connectivity index (χ0) is 13.5. The summed E-state index contributed by atoms with van der Waals surface area (Å²) in [5.41, 5.74) is 0.934. The lowest BCUT2D eigenvalue weighted by molar-refractivity contribution is -0.120. The third-order valence-corrected chi connectivity index (χ3v) is 2.85. The van der Waals surface area contributed by atoms with E-state index in [4.69, 9.17) is 9.47 Å². The molecule has 0 aliphatic carbocycles. The van der Waals surface area contributed by atoms with Gasteiger partial charge in [-0.2, -0.15) is 0 Å². The van der Waals surface area contributed by atoms with Gasteiger partial charge in [0.1, 0.15) is 0 Å². The molecule has 2 rings (SSSR count). The van der Waals surface area contributed by atoms with Gasteiger partial charge in [0.25, 0.3) is 0 Å². The third kappa shape index (κ3) is 4.90. The van der Waals surface area contributed by atoms with Gasteiger partial charge in [-0.3, -0.25) is 4.79 Å². The molecule has 0 spiro atoms. The zero-order valence-electron chi connectivity index (χ0n) is 11.6. The van der Waals surface area contributed by atoms with Crippen molar-refractivity contribution >= 4 is 18.3 Å². The van der Waals surface area contributed by atoms with Gasteiger partial charge in [0, 0.05) is 13.1 Å². The maximum atomic E-state index is 11.7. The molecule has 112 valence electrons. The van der Waals surface area contributed by atoms with Crippen LogP contribution in [0.5, 0.6) is 11.5 Å². The van der Waals surface area contributed by atoms with E-state index in [9.17, 15) is 4.79 Å². The molecule has 0 saturated heterocycles. The van der Waals surface area contributed by atoms with Crippen molar-refractivity contribution in [2.75, 3.05) is 26.4 Å². The number of carbonyl (C=O) groups is 1. The van der Waals surface area contributed by atoms with E-state index < -0.39 is 0 Å². The number of benzene rings is 1. The van der Waals surface area contributed by atoms with Crippen LogP contribution in [0.15, 0.2) is 18.2 Å². The summed E-state index contributed by atoms with van der Waals surface area (Å²) in [5.74, 6) is 1.49. The van der Waals surface area contributed by atoms with Crippen LogP contribution in [-0.4, -0.2) is 32.3 Å². The van der Waals surface area contributed by atoms with Crippen LogP contribution in [0.2, 0.25) is 0 Å². The van der Waals surface area contributed by atoms with Gasteiger partial charge in [-0.15, -0.1) is 12.4 Å². The summed E-state index contributed by atoms with van der Waals surface area (Å²) in [6.45, 7) is 4.82. The minimum absolute atomic E-state index is 0. The van der Waals surface area contributed by atoms with Gasteiger partial charge in [0.05, 0.1) is 6.42 Å². The average Bonchev–Trinajstić information content (AvgIpc) is 2.86. The molecule has 5 nitrogen and oxygen atoms in total. The smallest absolute Gasteiger partial charge is 0.231 e.